The predicted molar refractivity (Wildman–Crippen MR) is 234 cm³/mol. The summed E-state index contributed by atoms with van der Waals surface area (Å²) >= 11 is 0. The van der Waals surface area contributed by atoms with E-state index in [0.29, 0.717) is 41.6 Å². The maximum absolute atomic E-state index is 12.3. The quantitative estimate of drug-likeness (QED) is 0.0532. The first-order valence-corrected chi connectivity index (χ1v) is 24.9. The van der Waals surface area contributed by atoms with Crippen molar-refractivity contribution in [2.45, 2.75) is 76.0 Å². The molecular formula is C42H59N2O15S3+. The number of carboxylic acid groups (broad SMARTS) is 1. The smallest absolute Gasteiger partial charge is 0.305 e. The molecule has 0 fully saturated rings. The molecule has 1 aliphatic carbocycles. The van der Waals surface area contributed by atoms with Crippen molar-refractivity contribution in [2.24, 2.45) is 0 Å². The van der Waals surface area contributed by atoms with Crippen LogP contribution in [-0.2, 0) is 60.2 Å². The fourth-order valence-electron chi connectivity index (χ4n) is 7.40. The van der Waals surface area contributed by atoms with E-state index in [9.17, 15) is 43.7 Å². The van der Waals surface area contributed by atoms with Crippen LogP contribution in [0.3, 0.4) is 0 Å². The third-order valence-corrected chi connectivity index (χ3v) is 12.9. The standard InChI is InChI=1S/C42H58N2O15S3/c1-6-43(18-9-27-61(50,51)52)31-12-14-34-35(41(2,3)4)29-32(59-38(34)28-31)10-7-11-39-42(5,17-8-26-60(47,48)49)36-30-33(62(53,54)55)13-15-37(36)44(39)19-21-57-23-25-58-24-22-56-20-16-40(45)46/h7,10-15,28-30H,6,8-9,16-27H2,1-5H3,(H3-,45,46,47,48,49,50,51,52,53,54,55)/p+1. The minimum absolute atomic E-state index is 0.0233. The van der Waals surface area contributed by atoms with E-state index in [1.165, 1.54) is 12.1 Å². The number of hydrogen-bond acceptors (Lipinski definition) is 12. The molecule has 0 bridgehead atoms. The summed E-state index contributed by atoms with van der Waals surface area (Å²) in [5.74, 6) is -0.749. The maximum Gasteiger partial charge on any atom is 0.305 e. The fourth-order valence-corrected chi connectivity index (χ4v) is 8.91. The van der Waals surface area contributed by atoms with Gasteiger partial charge in [-0.2, -0.15) is 25.3 Å². The molecule has 2 aliphatic heterocycles. The van der Waals surface area contributed by atoms with Crippen molar-refractivity contribution >= 4 is 48.1 Å². The van der Waals surface area contributed by atoms with Crippen molar-refractivity contribution in [3.8, 4) is 11.3 Å². The Balaban J connectivity index is 1.72. The van der Waals surface area contributed by atoms with Gasteiger partial charge in [0.15, 0.2) is 0 Å². The second kappa shape index (κ2) is 21.6. The monoisotopic (exact) mass is 927 g/mol. The van der Waals surface area contributed by atoms with Gasteiger partial charge in [0.25, 0.3) is 30.4 Å². The molecule has 1 aromatic carbocycles. The molecular weight excluding hydrogens is 869 g/mol. The molecule has 0 aromatic heterocycles. The maximum atomic E-state index is 12.3. The summed E-state index contributed by atoms with van der Waals surface area (Å²) < 4.78 is 125. The van der Waals surface area contributed by atoms with Gasteiger partial charge in [-0.3, -0.25) is 18.5 Å². The van der Waals surface area contributed by atoms with E-state index in [4.69, 9.17) is 23.7 Å². The van der Waals surface area contributed by atoms with Crippen molar-refractivity contribution in [3.63, 3.8) is 0 Å². The van der Waals surface area contributed by atoms with Crippen molar-refractivity contribution in [1.82, 2.24) is 4.58 Å². The number of carboxylic acids is 1. The highest BCUT2D eigenvalue weighted by atomic mass is 32.2. The lowest BCUT2D eigenvalue weighted by Crippen LogP contribution is -2.31. The van der Waals surface area contributed by atoms with E-state index < -0.39 is 47.5 Å². The van der Waals surface area contributed by atoms with E-state index >= 15 is 0 Å². The van der Waals surface area contributed by atoms with Crippen LogP contribution in [0.1, 0.15) is 77.2 Å². The zero-order chi connectivity index (χ0) is 45.9. The highest BCUT2D eigenvalue weighted by Crippen LogP contribution is 2.51. The van der Waals surface area contributed by atoms with Gasteiger partial charge in [-0.25, -0.2) is 4.58 Å². The van der Waals surface area contributed by atoms with Gasteiger partial charge in [-0.15, -0.1) is 0 Å². The number of benzene rings is 2. The van der Waals surface area contributed by atoms with Gasteiger partial charge < -0.3 is 28.6 Å². The second-order valence-corrected chi connectivity index (χ2v) is 20.7. The van der Waals surface area contributed by atoms with Crippen LogP contribution in [0.4, 0.5) is 5.69 Å². The Morgan fingerprint density at radius 2 is 1.48 bits per heavy atom. The van der Waals surface area contributed by atoms with E-state index in [1.807, 2.05) is 53.7 Å². The second-order valence-electron chi connectivity index (χ2n) is 16.1. The van der Waals surface area contributed by atoms with E-state index in [1.54, 1.807) is 18.2 Å². The average Bonchev–Trinajstić information content (AvgIpc) is 3.39. The number of carbonyl (C=O) groups is 1. The first-order valence-electron chi connectivity index (χ1n) is 20.2. The average molecular weight is 928 g/mol. The number of fused-ring (bicyclic) bond motifs is 2. The van der Waals surface area contributed by atoms with Crippen LogP contribution in [0.25, 0.3) is 17.4 Å². The molecule has 3 aliphatic rings. The number of ether oxygens (including phenoxy) is 3. The molecule has 0 radical (unpaired) electrons. The topological polar surface area (TPSA) is 247 Å². The number of aliphatic carboxylic acids is 1. The summed E-state index contributed by atoms with van der Waals surface area (Å²) in [4.78, 5) is 12.2. The largest absolute Gasteiger partial charge is 0.481 e. The summed E-state index contributed by atoms with van der Waals surface area (Å²) in [5.41, 5.74) is 2.36. The van der Waals surface area contributed by atoms with Gasteiger partial charge in [-0.1, -0.05) is 26.8 Å². The lowest BCUT2D eigenvalue weighted by Gasteiger charge is -2.30. The molecule has 1 unspecified atom stereocenters. The SMILES string of the molecule is CC[N+](CCCS(=O)(=O)O)=c1ccc2c(C(C)(C)C)cc(C=CC=C3N(CCOCCOCCOCCC(=O)O)c4ccc(S(=O)(=O)O)cc4C3(C)CCCS(=O)(=O)O)oc-2c1. The highest BCUT2D eigenvalue weighted by Gasteiger charge is 2.44. The van der Waals surface area contributed by atoms with Gasteiger partial charge in [0.1, 0.15) is 24.6 Å². The molecule has 1 atom stereocenters. The Hall–Kier alpha value is -3.99. The molecule has 0 amide bonds. The summed E-state index contributed by atoms with van der Waals surface area (Å²) in [7, 11) is -13.0. The predicted octanol–water partition coefficient (Wildman–Crippen LogP) is 4.87. The number of allylic oxidation sites excluding steroid dienone is 3. The molecule has 344 valence electrons. The van der Waals surface area contributed by atoms with Gasteiger partial charge in [-0.05, 0) is 85.7 Å². The van der Waals surface area contributed by atoms with Crippen molar-refractivity contribution in [3.05, 3.63) is 82.6 Å². The van der Waals surface area contributed by atoms with Crippen LogP contribution in [0.15, 0.2) is 69.6 Å². The Kier molecular flexibility index (Phi) is 17.6. The van der Waals surface area contributed by atoms with Gasteiger partial charge in [0, 0.05) is 41.4 Å². The van der Waals surface area contributed by atoms with Crippen LogP contribution in [0.5, 0.6) is 0 Å². The molecule has 20 heteroatoms. The third-order valence-electron chi connectivity index (χ3n) is 10.4. The Morgan fingerprint density at radius 1 is 0.855 bits per heavy atom. The Labute approximate surface area is 364 Å². The summed E-state index contributed by atoms with van der Waals surface area (Å²) in [6.45, 7) is 12.5. The Bertz CT molecular complexity index is 2470. The lowest BCUT2D eigenvalue weighted by atomic mass is 9.77. The molecule has 4 N–H and O–H groups in total. The normalized spacial score (nSPS) is 17.4. The van der Waals surface area contributed by atoms with Crippen LogP contribution >= 0.6 is 0 Å². The molecule has 0 spiro atoms. The first-order chi connectivity index (χ1) is 28.9. The number of hydrogen-bond donors (Lipinski definition) is 4. The molecule has 2 heterocycles. The third kappa shape index (κ3) is 14.8. The lowest BCUT2D eigenvalue weighted by molar-refractivity contribution is -0.138. The summed E-state index contributed by atoms with van der Waals surface area (Å²) in [5, 5.41) is 9.53. The van der Waals surface area contributed by atoms with E-state index in [0.717, 1.165) is 16.5 Å². The number of rotatable bonds is 24. The first kappa shape index (κ1) is 50.7. The van der Waals surface area contributed by atoms with Crippen molar-refractivity contribution < 1.29 is 67.4 Å². The number of nitrogens with zero attached hydrogens (tertiary/aromatic N) is 2. The van der Waals surface area contributed by atoms with Gasteiger partial charge >= 0.3 is 5.97 Å². The fraction of sp³-hybridized carbons (Fsp3) is 0.524. The Morgan fingerprint density at radius 3 is 2.08 bits per heavy atom. The minimum Gasteiger partial charge on any atom is -0.481 e. The molecule has 1 aromatic rings. The minimum atomic E-state index is -4.61. The van der Waals surface area contributed by atoms with Crippen LogP contribution in [-0.4, -0.2) is 121 Å². The summed E-state index contributed by atoms with van der Waals surface area (Å²) in [6.07, 6.45) is 5.71. The van der Waals surface area contributed by atoms with Crippen LogP contribution < -0.4 is 14.8 Å². The molecule has 4 rings (SSSR count). The van der Waals surface area contributed by atoms with Crippen molar-refractivity contribution in [2.75, 3.05) is 75.7 Å². The number of anilines is 1. The zero-order valence-corrected chi connectivity index (χ0v) is 38.2. The molecule has 17 nitrogen and oxygen atoms in total. The van der Waals surface area contributed by atoms with E-state index in [2.05, 4.69) is 20.8 Å². The summed E-state index contributed by atoms with van der Waals surface area (Å²) in [6, 6.07) is 12.0. The van der Waals surface area contributed by atoms with Crippen LogP contribution in [0.2, 0.25) is 0 Å². The van der Waals surface area contributed by atoms with Crippen molar-refractivity contribution in [1.29, 1.82) is 0 Å². The van der Waals surface area contributed by atoms with Gasteiger partial charge in [0.05, 0.1) is 68.5 Å². The van der Waals surface area contributed by atoms with E-state index in [-0.39, 0.29) is 87.9 Å². The molecule has 62 heavy (non-hydrogen) atoms. The zero-order valence-electron chi connectivity index (χ0n) is 35.8. The highest BCUT2D eigenvalue weighted by molar-refractivity contribution is 7.86. The van der Waals surface area contributed by atoms with Gasteiger partial charge in [0.2, 0.25) is 5.36 Å². The molecule has 0 saturated carbocycles. The van der Waals surface area contributed by atoms with Crippen LogP contribution in [0, 0.1) is 0 Å². The molecule has 0 saturated heterocycles.